The van der Waals surface area contributed by atoms with Gasteiger partial charge < -0.3 is 5.11 Å². The minimum absolute atomic E-state index is 0.333. The molecule has 0 heterocycles. The summed E-state index contributed by atoms with van der Waals surface area (Å²) in [6.07, 6.45) is 0. The zero-order valence-electron chi connectivity index (χ0n) is 11.6. The Bertz CT molecular complexity index is 549. The molecule has 0 unspecified atom stereocenters. The first kappa shape index (κ1) is 14.3. The van der Waals surface area contributed by atoms with E-state index < -0.39 is 5.97 Å². The number of carbonyl (C=O) groups is 1. The molecule has 0 saturated heterocycles. The van der Waals surface area contributed by atoms with Crippen LogP contribution < -0.4 is 0 Å². The molecule has 2 rings (SSSR count). The van der Waals surface area contributed by atoms with Gasteiger partial charge in [0, 0.05) is 13.1 Å². The summed E-state index contributed by atoms with van der Waals surface area (Å²) in [5.41, 5.74) is 2.75. The van der Waals surface area contributed by atoms with Crippen LogP contribution >= 0.6 is 0 Å². The highest BCUT2D eigenvalue weighted by Gasteiger charge is 2.06. The van der Waals surface area contributed by atoms with Crippen molar-refractivity contribution >= 4 is 5.97 Å². The maximum Gasteiger partial charge on any atom is 0.335 e. The second-order valence-electron chi connectivity index (χ2n) is 4.79. The first-order valence-corrected chi connectivity index (χ1v) is 6.77. The maximum atomic E-state index is 10.8. The molecule has 0 fully saturated rings. The van der Waals surface area contributed by atoms with Gasteiger partial charge in [0.15, 0.2) is 0 Å². The number of rotatable bonds is 6. The lowest BCUT2D eigenvalue weighted by atomic mass is 10.1. The molecule has 20 heavy (non-hydrogen) atoms. The van der Waals surface area contributed by atoms with Crippen LogP contribution in [0.15, 0.2) is 54.6 Å². The van der Waals surface area contributed by atoms with Crippen molar-refractivity contribution in [2.75, 3.05) is 6.54 Å². The van der Waals surface area contributed by atoms with Crippen molar-refractivity contribution in [1.29, 1.82) is 0 Å². The van der Waals surface area contributed by atoms with Crippen LogP contribution in [-0.4, -0.2) is 22.5 Å². The molecule has 0 aliphatic rings. The molecule has 0 bridgehead atoms. The molecule has 3 heteroatoms. The quantitative estimate of drug-likeness (QED) is 0.873. The van der Waals surface area contributed by atoms with Crippen molar-refractivity contribution < 1.29 is 9.90 Å². The van der Waals surface area contributed by atoms with Crippen LogP contribution in [0, 0.1) is 0 Å². The smallest absolute Gasteiger partial charge is 0.335 e. The largest absolute Gasteiger partial charge is 0.478 e. The molecule has 0 spiro atoms. The average Bonchev–Trinajstić information content (AvgIpc) is 2.48. The van der Waals surface area contributed by atoms with Crippen molar-refractivity contribution in [2.24, 2.45) is 0 Å². The van der Waals surface area contributed by atoms with E-state index in [1.165, 1.54) is 5.56 Å². The van der Waals surface area contributed by atoms with Crippen molar-refractivity contribution in [2.45, 2.75) is 20.0 Å². The monoisotopic (exact) mass is 269 g/mol. The number of nitrogens with zero attached hydrogens (tertiary/aromatic N) is 1. The Morgan fingerprint density at radius 2 is 1.50 bits per heavy atom. The molecule has 0 aliphatic heterocycles. The highest BCUT2D eigenvalue weighted by atomic mass is 16.4. The van der Waals surface area contributed by atoms with E-state index >= 15 is 0 Å². The molecule has 3 nitrogen and oxygen atoms in total. The third-order valence-corrected chi connectivity index (χ3v) is 3.30. The second kappa shape index (κ2) is 6.87. The molecule has 0 radical (unpaired) electrons. The molecule has 2 aromatic carbocycles. The molecule has 104 valence electrons. The molecule has 2 aromatic rings. The fourth-order valence-electron chi connectivity index (χ4n) is 2.13. The Balaban J connectivity index is 2.01. The normalized spacial score (nSPS) is 10.7. The van der Waals surface area contributed by atoms with E-state index in [4.69, 9.17) is 5.11 Å². The van der Waals surface area contributed by atoms with E-state index in [2.05, 4.69) is 24.0 Å². The Kier molecular flexibility index (Phi) is 4.91. The molecule has 1 N–H and O–H groups in total. The van der Waals surface area contributed by atoms with Crippen molar-refractivity contribution in [3.8, 4) is 0 Å². The van der Waals surface area contributed by atoms with Crippen LogP contribution in [0.2, 0.25) is 0 Å². The zero-order chi connectivity index (χ0) is 14.4. The highest BCUT2D eigenvalue weighted by molar-refractivity contribution is 5.87. The molecule has 0 saturated carbocycles. The second-order valence-corrected chi connectivity index (χ2v) is 4.79. The third kappa shape index (κ3) is 3.93. The SMILES string of the molecule is CCN(Cc1ccccc1)Cc1ccc(C(=O)O)cc1. The summed E-state index contributed by atoms with van der Waals surface area (Å²) in [7, 11) is 0. The van der Waals surface area contributed by atoms with E-state index in [1.807, 2.05) is 30.3 Å². The summed E-state index contributed by atoms with van der Waals surface area (Å²) in [5.74, 6) is -0.881. The standard InChI is InChI=1S/C17H19NO2/c1-2-18(12-14-6-4-3-5-7-14)13-15-8-10-16(11-9-15)17(19)20/h3-11H,2,12-13H2,1H3,(H,19,20). The lowest BCUT2D eigenvalue weighted by Gasteiger charge is -2.20. The van der Waals surface area contributed by atoms with E-state index in [-0.39, 0.29) is 0 Å². The van der Waals surface area contributed by atoms with Gasteiger partial charge >= 0.3 is 5.97 Å². The summed E-state index contributed by atoms with van der Waals surface area (Å²) in [4.78, 5) is 13.1. The van der Waals surface area contributed by atoms with E-state index in [0.717, 1.165) is 25.2 Å². The topological polar surface area (TPSA) is 40.5 Å². The Labute approximate surface area is 119 Å². The van der Waals surface area contributed by atoms with Crippen molar-refractivity contribution in [3.63, 3.8) is 0 Å². The lowest BCUT2D eigenvalue weighted by Crippen LogP contribution is -2.22. The molecule has 0 aliphatic carbocycles. The van der Waals surface area contributed by atoms with Gasteiger partial charge in [-0.3, -0.25) is 4.90 Å². The number of hydrogen-bond donors (Lipinski definition) is 1. The van der Waals surface area contributed by atoms with Crippen LogP contribution in [0.1, 0.15) is 28.4 Å². The molecule has 0 aromatic heterocycles. The van der Waals surface area contributed by atoms with Gasteiger partial charge in [0.2, 0.25) is 0 Å². The van der Waals surface area contributed by atoms with Crippen LogP contribution in [0.3, 0.4) is 0 Å². The van der Waals surface area contributed by atoms with E-state index in [1.54, 1.807) is 12.1 Å². The van der Waals surface area contributed by atoms with Gasteiger partial charge in [0.05, 0.1) is 5.56 Å². The summed E-state index contributed by atoms with van der Waals surface area (Å²) in [6.45, 7) is 4.81. The van der Waals surface area contributed by atoms with Gasteiger partial charge in [-0.2, -0.15) is 0 Å². The predicted molar refractivity (Wildman–Crippen MR) is 79.6 cm³/mol. The fraction of sp³-hybridized carbons (Fsp3) is 0.235. The van der Waals surface area contributed by atoms with Crippen LogP contribution in [0.25, 0.3) is 0 Å². The minimum Gasteiger partial charge on any atom is -0.478 e. The maximum absolute atomic E-state index is 10.8. The van der Waals surface area contributed by atoms with Gasteiger partial charge in [-0.25, -0.2) is 4.79 Å². The number of carboxylic acid groups (broad SMARTS) is 1. The van der Waals surface area contributed by atoms with Crippen LogP contribution in [-0.2, 0) is 13.1 Å². The summed E-state index contributed by atoms with van der Waals surface area (Å²) in [6, 6.07) is 17.4. The Morgan fingerprint density at radius 1 is 0.950 bits per heavy atom. The first-order valence-electron chi connectivity index (χ1n) is 6.77. The minimum atomic E-state index is -0.881. The van der Waals surface area contributed by atoms with Crippen LogP contribution in [0.4, 0.5) is 0 Å². The van der Waals surface area contributed by atoms with Gasteiger partial charge in [0.1, 0.15) is 0 Å². The number of carboxylic acids is 1. The van der Waals surface area contributed by atoms with E-state index in [9.17, 15) is 4.79 Å². The van der Waals surface area contributed by atoms with Crippen molar-refractivity contribution in [1.82, 2.24) is 4.90 Å². The first-order chi connectivity index (χ1) is 9.69. The fourth-order valence-corrected chi connectivity index (χ4v) is 2.13. The Morgan fingerprint density at radius 3 is 2.00 bits per heavy atom. The molecular weight excluding hydrogens is 250 g/mol. The predicted octanol–water partition coefficient (Wildman–Crippen LogP) is 3.41. The molecular formula is C17H19NO2. The van der Waals surface area contributed by atoms with E-state index in [0.29, 0.717) is 5.56 Å². The van der Waals surface area contributed by atoms with Crippen molar-refractivity contribution in [3.05, 3.63) is 71.3 Å². The highest BCUT2D eigenvalue weighted by Crippen LogP contribution is 2.11. The number of hydrogen-bond acceptors (Lipinski definition) is 2. The molecule has 0 amide bonds. The number of benzene rings is 2. The lowest BCUT2D eigenvalue weighted by molar-refractivity contribution is 0.0697. The molecule has 0 atom stereocenters. The van der Waals surface area contributed by atoms with Gasteiger partial charge in [-0.05, 0) is 29.8 Å². The van der Waals surface area contributed by atoms with Crippen LogP contribution in [0.5, 0.6) is 0 Å². The number of aromatic carboxylic acids is 1. The van der Waals surface area contributed by atoms with Gasteiger partial charge in [-0.1, -0.05) is 49.4 Å². The summed E-state index contributed by atoms with van der Waals surface area (Å²) in [5, 5.41) is 8.89. The third-order valence-electron chi connectivity index (χ3n) is 3.30. The Hall–Kier alpha value is -2.13. The summed E-state index contributed by atoms with van der Waals surface area (Å²) < 4.78 is 0. The van der Waals surface area contributed by atoms with Gasteiger partial charge in [-0.15, -0.1) is 0 Å². The summed E-state index contributed by atoms with van der Waals surface area (Å²) >= 11 is 0. The zero-order valence-corrected chi connectivity index (χ0v) is 11.6. The van der Waals surface area contributed by atoms with Gasteiger partial charge in [0.25, 0.3) is 0 Å². The average molecular weight is 269 g/mol.